The lowest BCUT2D eigenvalue weighted by molar-refractivity contribution is 0.398. The fourth-order valence-corrected chi connectivity index (χ4v) is 1.62. The number of halogens is 1. The highest BCUT2D eigenvalue weighted by atomic mass is 35.5. The second kappa shape index (κ2) is 5.60. The number of nitrogens with zero attached hydrogens (tertiary/aromatic N) is 1. The second-order valence-electron chi connectivity index (χ2n) is 3.77. The Balaban J connectivity index is 2.07. The Labute approximate surface area is 111 Å². The molecule has 2 aromatic rings. The van der Waals surface area contributed by atoms with Gasteiger partial charge >= 0.3 is 0 Å². The van der Waals surface area contributed by atoms with Gasteiger partial charge in [0.1, 0.15) is 0 Å². The summed E-state index contributed by atoms with van der Waals surface area (Å²) >= 11 is 5.82. The summed E-state index contributed by atoms with van der Waals surface area (Å²) in [5, 5.41) is 3.88. The summed E-state index contributed by atoms with van der Waals surface area (Å²) in [5.74, 6) is 1.15. The third-order valence-electron chi connectivity index (χ3n) is 2.48. The maximum atomic E-state index is 5.83. The molecule has 0 saturated carbocycles. The predicted molar refractivity (Wildman–Crippen MR) is 74.0 cm³/mol. The summed E-state index contributed by atoms with van der Waals surface area (Å²) < 4.78 is 5.05. The van der Waals surface area contributed by atoms with Crippen LogP contribution in [0.1, 0.15) is 5.56 Å². The molecule has 0 aliphatic rings. The molecule has 3 N–H and O–H groups in total. The van der Waals surface area contributed by atoms with Gasteiger partial charge in [-0.3, -0.25) is 0 Å². The monoisotopic (exact) mass is 263 g/mol. The quantitative estimate of drug-likeness (QED) is 0.890. The first-order valence-corrected chi connectivity index (χ1v) is 5.85. The Morgan fingerprint density at radius 3 is 2.61 bits per heavy atom. The van der Waals surface area contributed by atoms with E-state index in [-0.39, 0.29) is 0 Å². The summed E-state index contributed by atoms with van der Waals surface area (Å²) in [5.41, 5.74) is 7.52. The lowest BCUT2D eigenvalue weighted by atomic mass is 10.2. The third-order valence-corrected chi connectivity index (χ3v) is 2.74. The van der Waals surface area contributed by atoms with Crippen molar-refractivity contribution in [2.45, 2.75) is 6.54 Å². The van der Waals surface area contributed by atoms with Gasteiger partial charge in [0.25, 0.3) is 0 Å². The lowest BCUT2D eigenvalue weighted by Crippen LogP contribution is -2.05. The number of hydrogen-bond acceptors (Lipinski definition) is 4. The number of nitrogens with two attached hydrogens (primary N) is 1. The molecular weight excluding hydrogens is 250 g/mol. The van der Waals surface area contributed by atoms with E-state index in [0.29, 0.717) is 23.9 Å². The Morgan fingerprint density at radius 2 is 1.94 bits per heavy atom. The van der Waals surface area contributed by atoms with Crippen LogP contribution in [0.5, 0.6) is 5.88 Å². The van der Waals surface area contributed by atoms with Gasteiger partial charge in [-0.15, -0.1) is 0 Å². The summed E-state index contributed by atoms with van der Waals surface area (Å²) in [6, 6.07) is 11.1. The molecular formula is C13H14ClN3O. The van der Waals surface area contributed by atoms with E-state index in [9.17, 15) is 0 Å². The third kappa shape index (κ3) is 3.05. The van der Waals surface area contributed by atoms with Crippen LogP contribution in [0.25, 0.3) is 0 Å². The summed E-state index contributed by atoms with van der Waals surface area (Å²) in [7, 11) is 1.57. The van der Waals surface area contributed by atoms with Gasteiger partial charge in [0, 0.05) is 17.6 Å². The molecule has 0 saturated heterocycles. The predicted octanol–water partition coefficient (Wildman–Crippen LogP) is 2.94. The number of benzene rings is 1. The minimum atomic E-state index is 0.530. The van der Waals surface area contributed by atoms with Crippen molar-refractivity contribution in [3.63, 3.8) is 0 Å². The molecule has 94 valence electrons. The van der Waals surface area contributed by atoms with E-state index in [0.717, 1.165) is 10.6 Å². The van der Waals surface area contributed by atoms with Crippen molar-refractivity contribution in [3.05, 3.63) is 47.0 Å². The number of pyridine rings is 1. The topological polar surface area (TPSA) is 60.2 Å². The number of hydrogen-bond donors (Lipinski definition) is 2. The minimum Gasteiger partial charge on any atom is -0.481 e. The first kappa shape index (κ1) is 12.5. The summed E-state index contributed by atoms with van der Waals surface area (Å²) in [6.45, 7) is 0.627. The molecule has 0 aliphatic heterocycles. The van der Waals surface area contributed by atoms with Gasteiger partial charge in [-0.1, -0.05) is 23.7 Å². The van der Waals surface area contributed by atoms with E-state index in [2.05, 4.69) is 10.3 Å². The van der Waals surface area contributed by atoms with Crippen LogP contribution in [-0.2, 0) is 6.54 Å². The number of nitrogens with one attached hydrogen (secondary N) is 1. The molecule has 5 heteroatoms. The van der Waals surface area contributed by atoms with Gasteiger partial charge in [-0.2, -0.15) is 4.98 Å². The molecule has 18 heavy (non-hydrogen) atoms. The largest absolute Gasteiger partial charge is 0.481 e. The van der Waals surface area contributed by atoms with Crippen LogP contribution in [0.2, 0.25) is 5.02 Å². The van der Waals surface area contributed by atoms with Crippen molar-refractivity contribution >= 4 is 23.1 Å². The average Bonchev–Trinajstić information content (AvgIpc) is 2.40. The molecule has 0 bridgehead atoms. The van der Waals surface area contributed by atoms with Crippen LogP contribution in [0.4, 0.5) is 11.5 Å². The zero-order valence-electron chi connectivity index (χ0n) is 9.98. The number of nitrogen functional groups attached to an aromatic ring is 1. The van der Waals surface area contributed by atoms with Gasteiger partial charge in [-0.05, 0) is 23.8 Å². The number of aromatic nitrogens is 1. The van der Waals surface area contributed by atoms with Crippen molar-refractivity contribution in [1.82, 2.24) is 4.98 Å². The molecule has 0 unspecified atom stereocenters. The highest BCUT2D eigenvalue weighted by Gasteiger charge is 2.03. The minimum absolute atomic E-state index is 0.530. The molecule has 1 aromatic heterocycles. The smallest absolute Gasteiger partial charge is 0.215 e. The Kier molecular flexibility index (Phi) is 3.89. The normalized spacial score (nSPS) is 10.1. The van der Waals surface area contributed by atoms with Gasteiger partial charge in [0.05, 0.1) is 12.8 Å². The molecule has 1 aromatic carbocycles. The number of anilines is 2. The van der Waals surface area contributed by atoms with Crippen LogP contribution in [0.3, 0.4) is 0 Å². The Morgan fingerprint density at radius 1 is 1.22 bits per heavy atom. The first-order valence-electron chi connectivity index (χ1n) is 5.48. The Hall–Kier alpha value is -1.94. The first-order chi connectivity index (χ1) is 8.69. The van der Waals surface area contributed by atoms with E-state index in [4.69, 9.17) is 22.1 Å². The molecule has 1 heterocycles. The van der Waals surface area contributed by atoms with Gasteiger partial charge in [0.15, 0.2) is 5.82 Å². The average molecular weight is 264 g/mol. The lowest BCUT2D eigenvalue weighted by Gasteiger charge is -2.09. The van der Waals surface area contributed by atoms with Crippen LogP contribution in [0, 0.1) is 0 Å². The van der Waals surface area contributed by atoms with E-state index in [1.807, 2.05) is 24.3 Å². The van der Waals surface area contributed by atoms with Crippen molar-refractivity contribution in [1.29, 1.82) is 0 Å². The Bertz CT molecular complexity index is 528. The van der Waals surface area contributed by atoms with Gasteiger partial charge in [-0.25, -0.2) is 0 Å². The molecule has 0 atom stereocenters. The molecule has 0 amide bonds. The van der Waals surface area contributed by atoms with Crippen molar-refractivity contribution in [2.75, 3.05) is 18.2 Å². The number of methoxy groups -OCH3 is 1. The molecule has 2 rings (SSSR count). The van der Waals surface area contributed by atoms with Crippen LogP contribution >= 0.6 is 11.6 Å². The van der Waals surface area contributed by atoms with Crippen LogP contribution in [-0.4, -0.2) is 12.1 Å². The van der Waals surface area contributed by atoms with E-state index in [1.54, 1.807) is 19.2 Å². The van der Waals surface area contributed by atoms with Crippen molar-refractivity contribution in [2.24, 2.45) is 0 Å². The fourth-order valence-electron chi connectivity index (χ4n) is 1.50. The highest BCUT2D eigenvalue weighted by molar-refractivity contribution is 6.30. The SMILES string of the molecule is COc1ccc(N)c(NCc2ccc(Cl)cc2)n1. The number of rotatable bonds is 4. The standard InChI is InChI=1S/C13H14ClN3O/c1-18-12-7-6-11(15)13(17-12)16-8-9-2-4-10(14)5-3-9/h2-7H,8,15H2,1H3,(H,16,17). The zero-order chi connectivity index (χ0) is 13.0. The number of ether oxygens (including phenoxy) is 1. The summed E-state index contributed by atoms with van der Waals surface area (Å²) in [6.07, 6.45) is 0. The second-order valence-corrected chi connectivity index (χ2v) is 4.21. The molecule has 0 spiro atoms. The molecule has 0 radical (unpaired) electrons. The molecule has 0 aliphatic carbocycles. The van der Waals surface area contributed by atoms with E-state index < -0.39 is 0 Å². The maximum Gasteiger partial charge on any atom is 0.215 e. The maximum absolute atomic E-state index is 5.83. The zero-order valence-corrected chi connectivity index (χ0v) is 10.7. The van der Waals surface area contributed by atoms with E-state index in [1.165, 1.54) is 0 Å². The van der Waals surface area contributed by atoms with Crippen molar-refractivity contribution < 1.29 is 4.74 Å². The van der Waals surface area contributed by atoms with Gasteiger partial charge < -0.3 is 15.8 Å². The van der Waals surface area contributed by atoms with Gasteiger partial charge in [0.2, 0.25) is 5.88 Å². The fraction of sp³-hybridized carbons (Fsp3) is 0.154. The molecule has 4 nitrogen and oxygen atoms in total. The molecule has 0 fully saturated rings. The van der Waals surface area contributed by atoms with Crippen LogP contribution in [0.15, 0.2) is 36.4 Å². The van der Waals surface area contributed by atoms with Crippen molar-refractivity contribution in [3.8, 4) is 5.88 Å². The van der Waals surface area contributed by atoms with Crippen LogP contribution < -0.4 is 15.8 Å². The highest BCUT2D eigenvalue weighted by Crippen LogP contribution is 2.20. The van der Waals surface area contributed by atoms with E-state index >= 15 is 0 Å². The summed E-state index contributed by atoms with van der Waals surface area (Å²) in [4.78, 5) is 4.24.